The lowest BCUT2D eigenvalue weighted by Gasteiger charge is -2.36. The number of benzene rings is 2. The van der Waals surface area contributed by atoms with E-state index in [1.54, 1.807) is 24.3 Å². The van der Waals surface area contributed by atoms with Crippen molar-refractivity contribution in [1.29, 1.82) is 0 Å². The van der Waals surface area contributed by atoms with Crippen molar-refractivity contribution in [2.24, 2.45) is 0 Å². The standard InChI is InChI=1S/C23H30ClN3O2/c1-18-4-3-5-21(16-18)27-14-12-26(13-15-27)11-10-19(2)25-23(28)17-29-22-8-6-20(24)7-9-22/h3-9,16,19H,10-15,17H2,1-2H3,(H,25,28). The maximum Gasteiger partial charge on any atom is 0.258 e. The van der Waals surface area contributed by atoms with Crippen LogP contribution in [-0.2, 0) is 4.79 Å². The number of nitrogens with one attached hydrogen (secondary N) is 1. The van der Waals surface area contributed by atoms with Crippen LogP contribution in [0.3, 0.4) is 0 Å². The quantitative estimate of drug-likeness (QED) is 0.713. The summed E-state index contributed by atoms with van der Waals surface area (Å²) in [5, 5.41) is 3.66. The molecule has 6 heteroatoms. The van der Waals surface area contributed by atoms with E-state index in [-0.39, 0.29) is 18.6 Å². The number of halogens is 1. The third kappa shape index (κ3) is 6.94. The van der Waals surface area contributed by atoms with Crippen LogP contribution in [0.2, 0.25) is 5.02 Å². The number of hydrogen-bond acceptors (Lipinski definition) is 4. The first-order valence-electron chi connectivity index (χ1n) is 10.2. The Balaban J connectivity index is 1.33. The molecule has 29 heavy (non-hydrogen) atoms. The van der Waals surface area contributed by atoms with E-state index in [9.17, 15) is 4.79 Å². The molecule has 2 aromatic rings. The highest BCUT2D eigenvalue weighted by Gasteiger charge is 2.18. The Hall–Kier alpha value is -2.24. The predicted octanol–water partition coefficient (Wildman–Crippen LogP) is 3.74. The van der Waals surface area contributed by atoms with E-state index in [2.05, 4.69) is 46.3 Å². The summed E-state index contributed by atoms with van der Waals surface area (Å²) in [5.74, 6) is 0.542. The lowest BCUT2D eigenvalue weighted by Crippen LogP contribution is -2.47. The normalized spacial score (nSPS) is 15.8. The second-order valence-corrected chi connectivity index (χ2v) is 8.10. The van der Waals surface area contributed by atoms with Gasteiger partial charge in [0.1, 0.15) is 5.75 Å². The molecule has 2 aromatic carbocycles. The molecular weight excluding hydrogens is 386 g/mol. The minimum atomic E-state index is -0.100. The molecule has 0 saturated carbocycles. The van der Waals surface area contributed by atoms with Crippen LogP contribution in [0.1, 0.15) is 18.9 Å². The maximum atomic E-state index is 12.1. The first-order valence-corrected chi connectivity index (χ1v) is 10.6. The number of carbonyl (C=O) groups excluding carboxylic acids is 1. The average Bonchev–Trinajstić information content (AvgIpc) is 2.72. The van der Waals surface area contributed by atoms with Crippen molar-refractivity contribution in [1.82, 2.24) is 10.2 Å². The van der Waals surface area contributed by atoms with E-state index in [0.29, 0.717) is 10.8 Å². The summed E-state index contributed by atoms with van der Waals surface area (Å²) in [6.07, 6.45) is 0.928. The van der Waals surface area contributed by atoms with Crippen molar-refractivity contribution < 1.29 is 9.53 Å². The molecular formula is C23H30ClN3O2. The molecule has 156 valence electrons. The molecule has 0 radical (unpaired) electrons. The van der Waals surface area contributed by atoms with E-state index in [0.717, 1.165) is 39.1 Å². The third-order valence-corrected chi connectivity index (χ3v) is 5.46. The lowest BCUT2D eigenvalue weighted by atomic mass is 10.1. The zero-order valence-electron chi connectivity index (χ0n) is 17.2. The van der Waals surface area contributed by atoms with Gasteiger partial charge < -0.3 is 15.0 Å². The van der Waals surface area contributed by atoms with Gasteiger partial charge in [-0.3, -0.25) is 9.69 Å². The van der Waals surface area contributed by atoms with Crippen LogP contribution in [0.15, 0.2) is 48.5 Å². The molecule has 0 spiro atoms. The summed E-state index contributed by atoms with van der Waals surface area (Å²) < 4.78 is 5.49. The minimum Gasteiger partial charge on any atom is -0.484 e. The molecule has 5 nitrogen and oxygen atoms in total. The monoisotopic (exact) mass is 415 g/mol. The first-order chi connectivity index (χ1) is 14.0. The number of carbonyl (C=O) groups is 1. The molecule has 0 aliphatic carbocycles. The Labute approximate surface area is 178 Å². The van der Waals surface area contributed by atoms with Gasteiger partial charge in [-0.25, -0.2) is 0 Å². The molecule has 1 saturated heterocycles. The number of aryl methyl sites for hydroxylation is 1. The van der Waals surface area contributed by atoms with Crippen molar-refractivity contribution >= 4 is 23.2 Å². The van der Waals surface area contributed by atoms with Crippen LogP contribution in [0, 0.1) is 6.92 Å². The Morgan fingerprint density at radius 3 is 2.55 bits per heavy atom. The fourth-order valence-electron chi connectivity index (χ4n) is 3.50. The summed E-state index contributed by atoms with van der Waals surface area (Å²) in [4.78, 5) is 17.0. The molecule has 1 amide bonds. The van der Waals surface area contributed by atoms with E-state index in [1.165, 1.54) is 11.3 Å². The van der Waals surface area contributed by atoms with Gasteiger partial charge in [-0.15, -0.1) is 0 Å². The topological polar surface area (TPSA) is 44.8 Å². The molecule has 3 rings (SSSR count). The van der Waals surface area contributed by atoms with E-state index in [4.69, 9.17) is 16.3 Å². The smallest absolute Gasteiger partial charge is 0.258 e. The van der Waals surface area contributed by atoms with Gasteiger partial charge in [0.25, 0.3) is 5.91 Å². The van der Waals surface area contributed by atoms with Crippen LogP contribution in [0.25, 0.3) is 0 Å². The lowest BCUT2D eigenvalue weighted by molar-refractivity contribution is -0.123. The highest BCUT2D eigenvalue weighted by molar-refractivity contribution is 6.30. The molecule has 1 N–H and O–H groups in total. The third-order valence-electron chi connectivity index (χ3n) is 5.21. The molecule has 0 bridgehead atoms. The minimum absolute atomic E-state index is 0.0150. The molecule has 1 unspecified atom stereocenters. The number of piperazine rings is 1. The first kappa shape index (κ1) is 21.5. The van der Waals surface area contributed by atoms with Crippen LogP contribution in [-0.4, -0.2) is 56.2 Å². The highest BCUT2D eigenvalue weighted by Crippen LogP contribution is 2.18. The van der Waals surface area contributed by atoms with Gasteiger partial charge in [0.15, 0.2) is 6.61 Å². The highest BCUT2D eigenvalue weighted by atomic mass is 35.5. The van der Waals surface area contributed by atoms with Crippen LogP contribution < -0.4 is 15.0 Å². The van der Waals surface area contributed by atoms with Crippen molar-refractivity contribution in [2.75, 3.05) is 44.2 Å². The number of ether oxygens (including phenoxy) is 1. The largest absolute Gasteiger partial charge is 0.484 e. The fraction of sp³-hybridized carbons (Fsp3) is 0.435. The van der Waals surface area contributed by atoms with Crippen LogP contribution in [0.4, 0.5) is 5.69 Å². The van der Waals surface area contributed by atoms with Gasteiger partial charge in [0.05, 0.1) is 0 Å². The van der Waals surface area contributed by atoms with Crippen molar-refractivity contribution in [3.8, 4) is 5.75 Å². The summed E-state index contributed by atoms with van der Waals surface area (Å²) in [6, 6.07) is 15.8. The number of anilines is 1. The molecule has 1 fully saturated rings. The molecule has 1 aliphatic heterocycles. The summed E-state index contributed by atoms with van der Waals surface area (Å²) in [6.45, 7) is 9.36. The Morgan fingerprint density at radius 1 is 1.14 bits per heavy atom. The summed E-state index contributed by atoms with van der Waals surface area (Å²) in [5.41, 5.74) is 2.61. The maximum absolute atomic E-state index is 12.1. The van der Waals surface area contributed by atoms with Gasteiger partial charge in [0.2, 0.25) is 0 Å². The van der Waals surface area contributed by atoms with Crippen molar-refractivity contribution in [3.63, 3.8) is 0 Å². The summed E-state index contributed by atoms with van der Waals surface area (Å²) in [7, 11) is 0. The molecule has 0 aromatic heterocycles. The van der Waals surface area contributed by atoms with E-state index < -0.39 is 0 Å². The zero-order chi connectivity index (χ0) is 20.6. The van der Waals surface area contributed by atoms with Crippen LogP contribution in [0.5, 0.6) is 5.75 Å². The molecule has 1 aliphatic rings. The molecule has 1 heterocycles. The summed E-state index contributed by atoms with van der Waals surface area (Å²) >= 11 is 5.85. The van der Waals surface area contributed by atoms with Gasteiger partial charge >= 0.3 is 0 Å². The SMILES string of the molecule is Cc1cccc(N2CCN(CCC(C)NC(=O)COc3ccc(Cl)cc3)CC2)c1. The van der Waals surface area contributed by atoms with E-state index >= 15 is 0 Å². The Morgan fingerprint density at radius 2 is 1.86 bits per heavy atom. The van der Waals surface area contributed by atoms with Crippen LogP contribution >= 0.6 is 11.6 Å². The fourth-order valence-corrected chi connectivity index (χ4v) is 3.62. The van der Waals surface area contributed by atoms with Gasteiger partial charge in [-0.2, -0.15) is 0 Å². The van der Waals surface area contributed by atoms with Gasteiger partial charge in [-0.05, 0) is 62.2 Å². The Kier molecular flexibility index (Phi) is 7.78. The van der Waals surface area contributed by atoms with Crippen molar-refractivity contribution in [3.05, 3.63) is 59.1 Å². The number of rotatable bonds is 8. The second-order valence-electron chi connectivity index (χ2n) is 7.67. The van der Waals surface area contributed by atoms with Gasteiger partial charge in [-0.1, -0.05) is 23.7 Å². The zero-order valence-corrected chi connectivity index (χ0v) is 18.0. The number of nitrogens with zero attached hydrogens (tertiary/aromatic N) is 2. The van der Waals surface area contributed by atoms with Gasteiger partial charge in [0, 0.05) is 49.5 Å². The second kappa shape index (κ2) is 10.5. The molecule has 1 atom stereocenters. The van der Waals surface area contributed by atoms with E-state index in [1.807, 2.05) is 6.92 Å². The average molecular weight is 416 g/mol. The number of hydrogen-bond donors (Lipinski definition) is 1. The predicted molar refractivity (Wildman–Crippen MR) is 119 cm³/mol. The number of amides is 1. The Bertz CT molecular complexity index is 789. The van der Waals surface area contributed by atoms with Crippen molar-refractivity contribution in [2.45, 2.75) is 26.3 Å².